The minimum atomic E-state index is -0.632. The Kier molecular flexibility index (Phi) is 7.54. The van der Waals surface area contributed by atoms with Crippen LogP contribution in [0.3, 0.4) is 0 Å². The number of hydrogen-bond donors (Lipinski definition) is 2. The summed E-state index contributed by atoms with van der Waals surface area (Å²) in [5.74, 6) is -1.51. The fourth-order valence-corrected chi connectivity index (χ4v) is 3.44. The molecule has 0 aliphatic carbocycles. The molecule has 1 heterocycles. The molecule has 0 bridgehead atoms. The van der Waals surface area contributed by atoms with E-state index in [0.29, 0.717) is 12.1 Å². The Morgan fingerprint density at radius 2 is 1.59 bits per heavy atom. The van der Waals surface area contributed by atoms with Crippen LogP contribution in [0.2, 0.25) is 0 Å². The van der Waals surface area contributed by atoms with E-state index in [0.717, 1.165) is 12.8 Å². The van der Waals surface area contributed by atoms with Crippen molar-refractivity contribution in [2.75, 3.05) is 7.05 Å². The first-order valence-electron chi connectivity index (χ1n) is 10.5. The number of benzene rings is 2. The van der Waals surface area contributed by atoms with Crippen LogP contribution < -0.4 is 16.1 Å². The van der Waals surface area contributed by atoms with Gasteiger partial charge >= 0.3 is 0 Å². The van der Waals surface area contributed by atoms with Gasteiger partial charge in [-0.3, -0.25) is 14.4 Å². The molecular weight excluding hydrogens is 409 g/mol. The number of halogens is 1. The van der Waals surface area contributed by atoms with Crippen LogP contribution in [-0.2, 0) is 13.0 Å². The molecule has 3 rings (SSSR count). The minimum Gasteiger partial charge on any atom is -0.355 e. The second-order valence-corrected chi connectivity index (χ2v) is 7.57. The first kappa shape index (κ1) is 22.9. The third kappa shape index (κ3) is 5.69. The molecule has 0 radical (unpaired) electrons. The van der Waals surface area contributed by atoms with Gasteiger partial charge in [-0.25, -0.2) is 4.39 Å². The van der Waals surface area contributed by atoms with Gasteiger partial charge in [-0.1, -0.05) is 42.5 Å². The average molecular weight is 435 g/mol. The lowest BCUT2D eigenvalue weighted by atomic mass is 10.1. The second-order valence-electron chi connectivity index (χ2n) is 7.57. The Bertz CT molecular complexity index is 1140. The van der Waals surface area contributed by atoms with E-state index in [1.54, 1.807) is 23.6 Å². The van der Waals surface area contributed by atoms with Crippen molar-refractivity contribution in [1.29, 1.82) is 0 Å². The van der Waals surface area contributed by atoms with Gasteiger partial charge in [0.25, 0.3) is 11.8 Å². The lowest BCUT2D eigenvalue weighted by molar-refractivity contribution is 0.0938. The van der Waals surface area contributed by atoms with Crippen molar-refractivity contribution in [3.63, 3.8) is 0 Å². The smallest absolute Gasteiger partial charge is 0.257 e. The highest BCUT2D eigenvalue weighted by Crippen LogP contribution is 2.14. The lowest BCUT2D eigenvalue weighted by Crippen LogP contribution is -2.35. The van der Waals surface area contributed by atoms with E-state index >= 15 is 0 Å². The Morgan fingerprint density at radius 1 is 0.969 bits per heavy atom. The van der Waals surface area contributed by atoms with E-state index in [2.05, 4.69) is 10.6 Å². The van der Waals surface area contributed by atoms with Gasteiger partial charge in [0, 0.05) is 26.0 Å². The molecule has 7 heteroatoms. The number of aromatic nitrogens is 1. The summed E-state index contributed by atoms with van der Waals surface area (Å²) in [6.45, 7) is 2.28. The van der Waals surface area contributed by atoms with E-state index < -0.39 is 23.3 Å². The molecular formula is C25H26FN3O3. The highest BCUT2D eigenvalue weighted by Gasteiger charge is 2.20. The van der Waals surface area contributed by atoms with Gasteiger partial charge in [0.2, 0.25) is 5.43 Å². The zero-order chi connectivity index (χ0) is 23.1. The Morgan fingerprint density at radius 3 is 2.22 bits per heavy atom. The number of carbonyl (C=O) groups is 2. The molecule has 166 valence electrons. The molecule has 1 aromatic heterocycles. The van der Waals surface area contributed by atoms with Gasteiger partial charge < -0.3 is 15.2 Å². The van der Waals surface area contributed by atoms with E-state index in [-0.39, 0.29) is 16.9 Å². The first-order valence-corrected chi connectivity index (χ1v) is 10.5. The standard InChI is InChI=1S/C25H26FN3O3/c1-17(19-10-12-20(26)13-11-19)28-25(32)22-16-29(15-21(23(22)30)24(31)27-2)14-6-9-18-7-4-3-5-8-18/h3-5,7-8,10-13,15-17H,6,9,14H2,1-2H3,(H,27,31)(H,28,32)/t17-/m1/s1. The van der Waals surface area contributed by atoms with Crippen LogP contribution >= 0.6 is 0 Å². The summed E-state index contributed by atoms with van der Waals surface area (Å²) >= 11 is 0. The zero-order valence-corrected chi connectivity index (χ0v) is 18.1. The number of carbonyl (C=O) groups excluding carboxylic acids is 2. The SMILES string of the molecule is CNC(=O)c1cn(CCCc2ccccc2)cc(C(=O)N[C@H](C)c2ccc(F)cc2)c1=O. The second kappa shape index (κ2) is 10.5. The molecule has 0 aliphatic rings. The van der Waals surface area contributed by atoms with Gasteiger partial charge in [0.05, 0.1) is 6.04 Å². The third-order valence-corrected chi connectivity index (χ3v) is 5.24. The summed E-state index contributed by atoms with van der Waals surface area (Å²) in [5, 5.41) is 5.21. The molecule has 1 atom stereocenters. The first-order chi connectivity index (χ1) is 15.4. The summed E-state index contributed by atoms with van der Waals surface area (Å²) in [6, 6.07) is 15.3. The molecule has 0 fully saturated rings. The maximum absolute atomic E-state index is 13.2. The summed E-state index contributed by atoms with van der Waals surface area (Å²) in [6.07, 6.45) is 4.55. The van der Waals surface area contributed by atoms with Gasteiger partial charge in [0.15, 0.2) is 0 Å². The van der Waals surface area contributed by atoms with Gasteiger partial charge in [-0.05, 0) is 43.0 Å². The Hall–Kier alpha value is -3.74. The lowest BCUT2D eigenvalue weighted by Gasteiger charge is -2.16. The number of aryl methyl sites for hydroxylation is 2. The molecule has 0 aliphatic heterocycles. The molecule has 32 heavy (non-hydrogen) atoms. The van der Waals surface area contributed by atoms with E-state index in [4.69, 9.17) is 0 Å². The minimum absolute atomic E-state index is 0.0886. The van der Waals surface area contributed by atoms with Crippen molar-refractivity contribution in [1.82, 2.24) is 15.2 Å². The fourth-order valence-electron chi connectivity index (χ4n) is 3.44. The topological polar surface area (TPSA) is 80.2 Å². The molecule has 0 spiro atoms. The summed E-state index contributed by atoms with van der Waals surface area (Å²) in [7, 11) is 1.44. The summed E-state index contributed by atoms with van der Waals surface area (Å²) in [5.41, 5.74) is 1.05. The van der Waals surface area contributed by atoms with Crippen LogP contribution in [-0.4, -0.2) is 23.4 Å². The Labute approximate surface area is 186 Å². The zero-order valence-electron chi connectivity index (χ0n) is 18.1. The highest BCUT2D eigenvalue weighted by atomic mass is 19.1. The third-order valence-electron chi connectivity index (χ3n) is 5.24. The van der Waals surface area contributed by atoms with E-state index in [1.165, 1.54) is 37.1 Å². The quantitative estimate of drug-likeness (QED) is 0.569. The molecule has 3 aromatic rings. The van der Waals surface area contributed by atoms with Gasteiger partial charge in [-0.2, -0.15) is 0 Å². The highest BCUT2D eigenvalue weighted by molar-refractivity contribution is 5.99. The normalized spacial score (nSPS) is 11.6. The monoisotopic (exact) mass is 435 g/mol. The van der Waals surface area contributed by atoms with Crippen LogP contribution in [0.5, 0.6) is 0 Å². The number of amides is 2. The van der Waals surface area contributed by atoms with Crippen LogP contribution in [0.15, 0.2) is 71.8 Å². The molecule has 0 saturated carbocycles. The van der Waals surface area contributed by atoms with Crippen LogP contribution in [0, 0.1) is 5.82 Å². The number of rotatable bonds is 8. The number of nitrogens with one attached hydrogen (secondary N) is 2. The number of hydrogen-bond acceptors (Lipinski definition) is 3. The van der Waals surface area contributed by atoms with Crippen molar-refractivity contribution < 1.29 is 14.0 Å². The van der Waals surface area contributed by atoms with E-state index in [1.807, 2.05) is 30.3 Å². The predicted molar refractivity (Wildman–Crippen MR) is 121 cm³/mol. The van der Waals surface area contributed by atoms with Gasteiger partial charge in [-0.15, -0.1) is 0 Å². The van der Waals surface area contributed by atoms with Crippen LogP contribution in [0.25, 0.3) is 0 Å². The van der Waals surface area contributed by atoms with Crippen molar-refractivity contribution in [2.45, 2.75) is 32.4 Å². The maximum Gasteiger partial charge on any atom is 0.257 e. The molecule has 2 N–H and O–H groups in total. The largest absolute Gasteiger partial charge is 0.355 e. The van der Waals surface area contributed by atoms with Crippen LogP contribution in [0.1, 0.15) is 51.2 Å². The molecule has 0 saturated heterocycles. The average Bonchev–Trinajstić information content (AvgIpc) is 2.80. The molecule has 6 nitrogen and oxygen atoms in total. The van der Waals surface area contributed by atoms with Crippen molar-refractivity contribution in [3.8, 4) is 0 Å². The maximum atomic E-state index is 13.2. The molecule has 0 unspecified atom stereocenters. The van der Waals surface area contributed by atoms with Crippen molar-refractivity contribution >= 4 is 11.8 Å². The fraction of sp³-hybridized carbons (Fsp3) is 0.240. The number of nitrogens with zero attached hydrogens (tertiary/aromatic N) is 1. The van der Waals surface area contributed by atoms with Crippen molar-refractivity contribution in [3.05, 3.63) is 105 Å². The number of pyridine rings is 1. The molecule has 2 aromatic carbocycles. The van der Waals surface area contributed by atoms with E-state index in [9.17, 15) is 18.8 Å². The predicted octanol–water partition coefficient (Wildman–Crippen LogP) is 3.47. The summed E-state index contributed by atoms with van der Waals surface area (Å²) < 4.78 is 14.9. The molecule has 2 amide bonds. The van der Waals surface area contributed by atoms with Gasteiger partial charge in [0.1, 0.15) is 16.9 Å². The van der Waals surface area contributed by atoms with Crippen molar-refractivity contribution in [2.24, 2.45) is 0 Å². The summed E-state index contributed by atoms with van der Waals surface area (Å²) in [4.78, 5) is 38.0. The Balaban J connectivity index is 1.81. The van der Waals surface area contributed by atoms with Crippen LogP contribution in [0.4, 0.5) is 4.39 Å².